The molecule has 2 N–H and O–H groups in total. The van der Waals surface area contributed by atoms with Crippen LogP contribution in [0.25, 0.3) is 6.08 Å². The molecule has 6 heteroatoms. The minimum absolute atomic E-state index is 0.279. The van der Waals surface area contributed by atoms with Crippen LogP contribution >= 0.6 is 0 Å². The Labute approximate surface area is 119 Å². The van der Waals surface area contributed by atoms with E-state index in [0.717, 1.165) is 11.1 Å². The van der Waals surface area contributed by atoms with E-state index in [0.29, 0.717) is 17.7 Å². The van der Waals surface area contributed by atoms with Gasteiger partial charge in [-0.25, -0.2) is 8.42 Å². The second kappa shape index (κ2) is 5.76. The van der Waals surface area contributed by atoms with Gasteiger partial charge in [-0.3, -0.25) is 10.2 Å². The SMILES string of the molecule is CC(C)C(=O)NNS(=O)(=O)C1=Cc2ccccc2CC1. The molecule has 1 aromatic rings. The van der Waals surface area contributed by atoms with Gasteiger partial charge in [-0.2, -0.15) is 0 Å². The van der Waals surface area contributed by atoms with E-state index in [1.807, 2.05) is 24.3 Å². The molecule has 0 atom stereocenters. The number of hydrogen-bond acceptors (Lipinski definition) is 3. The fourth-order valence-corrected chi connectivity index (χ4v) is 2.96. The molecule has 108 valence electrons. The van der Waals surface area contributed by atoms with Gasteiger partial charge in [0.05, 0.1) is 4.91 Å². The molecule has 0 bridgehead atoms. The number of fused-ring (bicyclic) bond motifs is 1. The number of nitrogens with one attached hydrogen (secondary N) is 2. The molecule has 1 amide bonds. The first kappa shape index (κ1) is 14.7. The number of sulfonamides is 1. The van der Waals surface area contributed by atoms with Crippen molar-refractivity contribution in [3.8, 4) is 0 Å². The maximum atomic E-state index is 12.1. The van der Waals surface area contributed by atoms with E-state index >= 15 is 0 Å². The summed E-state index contributed by atoms with van der Waals surface area (Å²) < 4.78 is 24.3. The fourth-order valence-electron chi connectivity index (χ4n) is 1.95. The third-order valence-electron chi connectivity index (χ3n) is 3.19. The molecule has 1 aromatic carbocycles. The number of amides is 1. The highest BCUT2D eigenvalue weighted by atomic mass is 32.2. The monoisotopic (exact) mass is 294 g/mol. The highest BCUT2D eigenvalue weighted by Crippen LogP contribution is 2.26. The molecule has 2 rings (SSSR count). The van der Waals surface area contributed by atoms with Crippen LogP contribution in [0.5, 0.6) is 0 Å². The van der Waals surface area contributed by atoms with Crippen LogP contribution in [0, 0.1) is 5.92 Å². The number of carbonyl (C=O) groups is 1. The van der Waals surface area contributed by atoms with Gasteiger partial charge >= 0.3 is 0 Å². The van der Waals surface area contributed by atoms with Crippen molar-refractivity contribution in [1.82, 2.24) is 10.3 Å². The zero-order valence-corrected chi connectivity index (χ0v) is 12.3. The minimum atomic E-state index is -3.68. The average molecular weight is 294 g/mol. The molecule has 0 radical (unpaired) electrons. The zero-order chi connectivity index (χ0) is 14.8. The van der Waals surface area contributed by atoms with Gasteiger partial charge in [-0.05, 0) is 30.0 Å². The van der Waals surface area contributed by atoms with Crippen molar-refractivity contribution >= 4 is 22.0 Å². The molecule has 0 aromatic heterocycles. The Bertz CT molecular complexity index is 648. The number of hydrazine groups is 1. The highest BCUT2D eigenvalue weighted by molar-refractivity contribution is 7.93. The van der Waals surface area contributed by atoms with Gasteiger partial charge in [0.2, 0.25) is 5.91 Å². The number of allylic oxidation sites excluding steroid dienone is 1. The predicted octanol–water partition coefficient (Wildman–Crippen LogP) is 1.58. The lowest BCUT2D eigenvalue weighted by Crippen LogP contribution is -2.44. The zero-order valence-electron chi connectivity index (χ0n) is 11.5. The van der Waals surface area contributed by atoms with Crippen molar-refractivity contribution < 1.29 is 13.2 Å². The van der Waals surface area contributed by atoms with E-state index in [1.54, 1.807) is 19.9 Å². The summed E-state index contributed by atoms with van der Waals surface area (Å²) in [7, 11) is -3.68. The molecular weight excluding hydrogens is 276 g/mol. The van der Waals surface area contributed by atoms with Gasteiger partial charge in [0.1, 0.15) is 0 Å². The Hall–Kier alpha value is -1.66. The Kier molecular flexibility index (Phi) is 4.25. The quantitative estimate of drug-likeness (QED) is 0.828. The summed E-state index contributed by atoms with van der Waals surface area (Å²) in [6, 6.07) is 7.69. The number of rotatable bonds is 4. The molecule has 0 fully saturated rings. The first-order valence-electron chi connectivity index (χ1n) is 6.50. The van der Waals surface area contributed by atoms with E-state index in [1.165, 1.54) is 0 Å². The summed E-state index contributed by atoms with van der Waals surface area (Å²) in [5.74, 6) is -0.635. The summed E-state index contributed by atoms with van der Waals surface area (Å²) >= 11 is 0. The summed E-state index contributed by atoms with van der Waals surface area (Å²) in [6.45, 7) is 3.39. The van der Waals surface area contributed by atoms with Crippen LogP contribution in [0.1, 0.15) is 31.4 Å². The average Bonchev–Trinajstić information content (AvgIpc) is 2.44. The van der Waals surface area contributed by atoms with Crippen molar-refractivity contribution in [3.63, 3.8) is 0 Å². The van der Waals surface area contributed by atoms with Gasteiger partial charge in [-0.15, -0.1) is 4.83 Å². The lowest BCUT2D eigenvalue weighted by atomic mass is 9.98. The van der Waals surface area contributed by atoms with Crippen molar-refractivity contribution in [3.05, 3.63) is 40.3 Å². The number of aryl methyl sites for hydroxylation is 1. The summed E-state index contributed by atoms with van der Waals surface area (Å²) in [5.41, 5.74) is 4.27. The van der Waals surface area contributed by atoms with Crippen LogP contribution in [0.2, 0.25) is 0 Å². The largest absolute Gasteiger partial charge is 0.277 e. The Morgan fingerprint density at radius 2 is 1.90 bits per heavy atom. The van der Waals surface area contributed by atoms with Crippen LogP contribution in [-0.2, 0) is 21.2 Å². The summed E-state index contributed by atoms with van der Waals surface area (Å²) in [5, 5.41) is 0. The van der Waals surface area contributed by atoms with Crippen LogP contribution in [0.15, 0.2) is 29.2 Å². The minimum Gasteiger partial charge on any atom is -0.277 e. The highest BCUT2D eigenvalue weighted by Gasteiger charge is 2.22. The first-order chi connectivity index (χ1) is 9.40. The smallest absolute Gasteiger partial charge is 0.253 e. The van der Waals surface area contributed by atoms with Crippen molar-refractivity contribution in [2.45, 2.75) is 26.7 Å². The second-order valence-electron chi connectivity index (χ2n) is 5.06. The van der Waals surface area contributed by atoms with Crippen molar-refractivity contribution in [2.24, 2.45) is 5.92 Å². The van der Waals surface area contributed by atoms with E-state index in [9.17, 15) is 13.2 Å². The lowest BCUT2D eigenvalue weighted by Gasteiger charge is -2.17. The molecule has 1 aliphatic rings. The molecule has 0 spiro atoms. The molecule has 20 heavy (non-hydrogen) atoms. The van der Waals surface area contributed by atoms with Gasteiger partial charge in [0.25, 0.3) is 10.0 Å². The van der Waals surface area contributed by atoms with Crippen LogP contribution < -0.4 is 10.3 Å². The fraction of sp³-hybridized carbons (Fsp3) is 0.357. The normalized spacial score (nSPS) is 14.7. The van der Waals surface area contributed by atoms with E-state index in [-0.39, 0.29) is 11.8 Å². The molecule has 1 aliphatic carbocycles. The van der Waals surface area contributed by atoms with Crippen molar-refractivity contribution in [1.29, 1.82) is 0 Å². The van der Waals surface area contributed by atoms with Gasteiger partial charge in [0, 0.05) is 5.92 Å². The molecule has 0 saturated heterocycles. The number of carbonyl (C=O) groups excluding carboxylic acids is 1. The second-order valence-corrected chi connectivity index (χ2v) is 6.79. The van der Waals surface area contributed by atoms with E-state index in [4.69, 9.17) is 0 Å². The van der Waals surface area contributed by atoms with Crippen LogP contribution in [0.3, 0.4) is 0 Å². The predicted molar refractivity (Wildman–Crippen MR) is 77.8 cm³/mol. The molecule has 0 saturated carbocycles. The third kappa shape index (κ3) is 3.26. The number of hydrogen-bond donors (Lipinski definition) is 2. The standard InChI is InChI=1S/C14H18N2O3S/c1-10(2)14(17)15-16-20(18,19)13-8-7-11-5-3-4-6-12(11)9-13/h3-6,9-10,16H,7-8H2,1-2H3,(H,15,17). The van der Waals surface area contributed by atoms with Crippen LogP contribution in [-0.4, -0.2) is 14.3 Å². The van der Waals surface area contributed by atoms with E-state index < -0.39 is 10.0 Å². The van der Waals surface area contributed by atoms with Gasteiger partial charge < -0.3 is 0 Å². The maximum Gasteiger partial charge on any atom is 0.253 e. The Morgan fingerprint density at radius 1 is 1.20 bits per heavy atom. The maximum absolute atomic E-state index is 12.1. The molecule has 0 heterocycles. The van der Waals surface area contributed by atoms with Crippen LogP contribution in [0.4, 0.5) is 0 Å². The van der Waals surface area contributed by atoms with Gasteiger partial charge in [0.15, 0.2) is 0 Å². The Morgan fingerprint density at radius 3 is 2.60 bits per heavy atom. The topological polar surface area (TPSA) is 75.3 Å². The molecule has 5 nitrogen and oxygen atoms in total. The molecule has 0 unspecified atom stereocenters. The summed E-state index contributed by atoms with van der Waals surface area (Å²) in [6.07, 6.45) is 2.77. The third-order valence-corrected chi connectivity index (χ3v) is 4.57. The molecule has 0 aliphatic heterocycles. The molecular formula is C14H18N2O3S. The van der Waals surface area contributed by atoms with Crippen molar-refractivity contribution in [2.75, 3.05) is 0 Å². The first-order valence-corrected chi connectivity index (χ1v) is 7.98. The Balaban J connectivity index is 2.15. The van der Waals surface area contributed by atoms with Gasteiger partial charge in [-0.1, -0.05) is 38.1 Å². The number of benzene rings is 1. The van der Waals surface area contributed by atoms with E-state index in [2.05, 4.69) is 10.3 Å². The lowest BCUT2D eigenvalue weighted by molar-refractivity contribution is -0.124. The summed E-state index contributed by atoms with van der Waals surface area (Å²) in [4.78, 5) is 13.9.